The highest BCUT2D eigenvalue weighted by Crippen LogP contribution is 2.20. The van der Waals surface area contributed by atoms with Crippen molar-refractivity contribution in [2.24, 2.45) is 0 Å². The molecular formula is C16H16N2O3. The average molecular weight is 284 g/mol. The van der Waals surface area contributed by atoms with Crippen molar-refractivity contribution in [2.45, 2.75) is 20.8 Å². The van der Waals surface area contributed by atoms with Gasteiger partial charge in [0.2, 0.25) is 5.76 Å². The Kier molecular flexibility index (Phi) is 4.33. The number of aromatic nitrogens is 2. The summed E-state index contributed by atoms with van der Waals surface area (Å²) < 4.78 is 5.41. The number of benzene rings is 1. The van der Waals surface area contributed by atoms with Gasteiger partial charge in [-0.05, 0) is 32.4 Å². The first kappa shape index (κ1) is 14.7. The molecule has 0 bridgehead atoms. The van der Waals surface area contributed by atoms with Gasteiger partial charge >= 0.3 is 12.0 Å². The minimum atomic E-state index is -1.15. The van der Waals surface area contributed by atoms with Crippen molar-refractivity contribution < 1.29 is 14.6 Å². The monoisotopic (exact) mass is 284 g/mol. The second kappa shape index (κ2) is 6.17. The molecule has 0 aliphatic carbocycles. The summed E-state index contributed by atoms with van der Waals surface area (Å²) in [5.41, 5.74) is 2.74. The van der Waals surface area contributed by atoms with Gasteiger partial charge in [-0.3, -0.25) is 0 Å². The van der Waals surface area contributed by atoms with Crippen LogP contribution in [0.25, 0.3) is 5.57 Å². The van der Waals surface area contributed by atoms with Crippen LogP contribution in [0, 0.1) is 13.8 Å². The quantitative estimate of drug-likeness (QED) is 0.690. The van der Waals surface area contributed by atoms with E-state index in [4.69, 9.17) is 4.74 Å². The first-order chi connectivity index (χ1) is 9.97. The molecule has 0 amide bonds. The molecule has 1 N–H and O–H groups in total. The molecule has 0 unspecified atom stereocenters. The highest BCUT2D eigenvalue weighted by atomic mass is 16.5. The summed E-state index contributed by atoms with van der Waals surface area (Å²) in [6.45, 7) is 5.30. The first-order valence-corrected chi connectivity index (χ1v) is 6.47. The van der Waals surface area contributed by atoms with Crippen LogP contribution in [-0.4, -0.2) is 21.0 Å². The van der Waals surface area contributed by atoms with Gasteiger partial charge in [-0.2, -0.15) is 0 Å². The molecule has 21 heavy (non-hydrogen) atoms. The maximum absolute atomic E-state index is 11.5. The van der Waals surface area contributed by atoms with Crippen molar-refractivity contribution in [1.29, 1.82) is 0 Å². The molecule has 0 aliphatic heterocycles. The van der Waals surface area contributed by atoms with Gasteiger partial charge in [0.25, 0.3) is 0 Å². The molecule has 0 saturated carbocycles. The van der Waals surface area contributed by atoms with Crippen molar-refractivity contribution in [1.82, 2.24) is 9.97 Å². The fraction of sp³-hybridized carbons (Fsp3) is 0.188. The van der Waals surface area contributed by atoms with Crippen molar-refractivity contribution in [3.63, 3.8) is 0 Å². The number of carboxylic acid groups (broad SMARTS) is 1. The van der Waals surface area contributed by atoms with Gasteiger partial charge in [0, 0.05) is 17.0 Å². The second-order valence-electron chi connectivity index (χ2n) is 4.66. The number of aryl methyl sites for hydroxylation is 2. The number of carbonyl (C=O) groups is 1. The van der Waals surface area contributed by atoms with Crippen LogP contribution in [0.5, 0.6) is 6.01 Å². The summed E-state index contributed by atoms with van der Waals surface area (Å²) in [5.74, 6) is -1.33. The lowest BCUT2D eigenvalue weighted by Crippen LogP contribution is -2.12. The molecule has 5 heteroatoms. The first-order valence-electron chi connectivity index (χ1n) is 6.47. The summed E-state index contributed by atoms with van der Waals surface area (Å²) in [5, 5.41) is 9.37. The Bertz CT molecular complexity index is 674. The SMILES string of the molecule is CC(=C(Oc1nc(C)cc(C)n1)C(=O)O)c1ccccc1. The van der Waals surface area contributed by atoms with E-state index in [1.165, 1.54) is 0 Å². The molecule has 2 aromatic rings. The third-order valence-corrected chi connectivity index (χ3v) is 2.90. The Morgan fingerprint density at radius 1 is 1.10 bits per heavy atom. The number of allylic oxidation sites excluding steroid dienone is 1. The van der Waals surface area contributed by atoms with Crippen LogP contribution in [-0.2, 0) is 4.79 Å². The van der Waals surface area contributed by atoms with E-state index >= 15 is 0 Å². The van der Waals surface area contributed by atoms with E-state index in [1.807, 2.05) is 30.3 Å². The fourth-order valence-corrected chi connectivity index (χ4v) is 1.93. The largest absolute Gasteiger partial charge is 0.475 e. The number of hydrogen-bond donors (Lipinski definition) is 1. The van der Waals surface area contributed by atoms with Gasteiger partial charge in [0.05, 0.1) is 0 Å². The zero-order valence-corrected chi connectivity index (χ0v) is 12.1. The molecule has 0 radical (unpaired) electrons. The molecule has 1 heterocycles. The Morgan fingerprint density at radius 3 is 2.19 bits per heavy atom. The van der Waals surface area contributed by atoms with Crippen LogP contribution in [0.3, 0.4) is 0 Å². The molecule has 108 valence electrons. The van der Waals surface area contributed by atoms with Gasteiger partial charge < -0.3 is 9.84 Å². The van der Waals surface area contributed by atoms with E-state index in [0.29, 0.717) is 5.57 Å². The van der Waals surface area contributed by atoms with E-state index in [9.17, 15) is 9.90 Å². The predicted molar refractivity (Wildman–Crippen MR) is 78.8 cm³/mol. The summed E-state index contributed by atoms with van der Waals surface area (Å²) in [4.78, 5) is 19.7. The molecule has 5 nitrogen and oxygen atoms in total. The second-order valence-corrected chi connectivity index (χ2v) is 4.66. The number of rotatable bonds is 4. The topological polar surface area (TPSA) is 72.3 Å². The number of aliphatic carboxylic acids is 1. The highest BCUT2D eigenvalue weighted by molar-refractivity contribution is 5.94. The molecule has 0 saturated heterocycles. The normalized spacial score (nSPS) is 11.8. The maximum atomic E-state index is 11.5. The molecule has 2 rings (SSSR count). The molecule has 0 fully saturated rings. The summed E-state index contributed by atoms with van der Waals surface area (Å²) >= 11 is 0. The highest BCUT2D eigenvalue weighted by Gasteiger charge is 2.17. The number of carboxylic acids is 1. The van der Waals surface area contributed by atoms with Gasteiger partial charge in [0.1, 0.15) is 0 Å². The Labute approximate surface area is 122 Å². The van der Waals surface area contributed by atoms with Crippen LogP contribution in [0.2, 0.25) is 0 Å². The smallest absolute Gasteiger partial charge is 0.372 e. The lowest BCUT2D eigenvalue weighted by molar-refractivity contribution is -0.135. The summed E-state index contributed by atoms with van der Waals surface area (Å²) in [7, 11) is 0. The molecule has 1 aromatic heterocycles. The van der Waals surface area contributed by atoms with Crippen LogP contribution in [0.1, 0.15) is 23.9 Å². The van der Waals surface area contributed by atoms with E-state index in [2.05, 4.69) is 9.97 Å². The Hall–Kier alpha value is -2.69. The molecule has 0 atom stereocenters. The third kappa shape index (κ3) is 3.66. The van der Waals surface area contributed by atoms with Crippen LogP contribution < -0.4 is 4.74 Å². The van der Waals surface area contributed by atoms with Gasteiger partial charge in [0.15, 0.2) is 0 Å². The van der Waals surface area contributed by atoms with Crippen LogP contribution >= 0.6 is 0 Å². The summed E-state index contributed by atoms with van der Waals surface area (Å²) in [6.07, 6.45) is 0. The van der Waals surface area contributed by atoms with Crippen LogP contribution in [0.15, 0.2) is 42.2 Å². The van der Waals surface area contributed by atoms with Crippen molar-refractivity contribution in [3.05, 3.63) is 59.1 Å². The number of ether oxygens (including phenoxy) is 1. The molecule has 0 aliphatic rings. The van der Waals surface area contributed by atoms with Gasteiger partial charge in [-0.1, -0.05) is 30.3 Å². The minimum Gasteiger partial charge on any atom is -0.475 e. The zero-order chi connectivity index (χ0) is 15.4. The van der Waals surface area contributed by atoms with E-state index in [1.54, 1.807) is 26.8 Å². The van der Waals surface area contributed by atoms with E-state index in [-0.39, 0.29) is 11.8 Å². The Balaban J connectivity index is 2.42. The third-order valence-electron chi connectivity index (χ3n) is 2.90. The Morgan fingerprint density at radius 2 is 1.67 bits per heavy atom. The van der Waals surface area contributed by atoms with Crippen LogP contribution in [0.4, 0.5) is 0 Å². The molecular weight excluding hydrogens is 268 g/mol. The number of nitrogens with zero attached hydrogens (tertiary/aromatic N) is 2. The predicted octanol–water partition coefficient (Wildman–Crippen LogP) is 2.99. The van der Waals surface area contributed by atoms with Crippen molar-refractivity contribution in [2.75, 3.05) is 0 Å². The van der Waals surface area contributed by atoms with E-state index < -0.39 is 5.97 Å². The lowest BCUT2D eigenvalue weighted by Gasteiger charge is -2.10. The maximum Gasteiger partial charge on any atom is 0.372 e. The zero-order valence-electron chi connectivity index (χ0n) is 12.1. The average Bonchev–Trinajstić information content (AvgIpc) is 2.43. The van der Waals surface area contributed by atoms with Crippen molar-refractivity contribution >= 4 is 11.5 Å². The number of hydrogen-bond acceptors (Lipinski definition) is 4. The fourth-order valence-electron chi connectivity index (χ4n) is 1.93. The minimum absolute atomic E-state index is 0.0418. The summed E-state index contributed by atoms with van der Waals surface area (Å²) in [6, 6.07) is 11.0. The molecule has 1 aromatic carbocycles. The standard InChI is InChI=1S/C16H16N2O3/c1-10-9-11(2)18-16(17-10)21-14(15(19)20)12(3)13-7-5-4-6-8-13/h4-9H,1-3H3,(H,19,20). The van der Waals surface area contributed by atoms with Gasteiger partial charge in [-0.15, -0.1) is 0 Å². The van der Waals surface area contributed by atoms with Gasteiger partial charge in [-0.25, -0.2) is 14.8 Å². The molecule has 0 spiro atoms. The van der Waals surface area contributed by atoms with E-state index in [0.717, 1.165) is 17.0 Å². The van der Waals surface area contributed by atoms with Crippen molar-refractivity contribution in [3.8, 4) is 6.01 Å². The lowest BCUT2D eigenvalue weighted by atomic mass is 10.1.